The van der Waals surface area contributed by atoms with Gasteiger partial charge in [-0.25, -0.2) is 9.59 Å². The van der Waals surface area contributed by atoms with Gasteiger partial charge in [0.15, 0.2) is 5.52 Å². The Bertz CT molecular complexity index is 818. The maximum absolute atomic E-state index is 12.1. The van der Waals surface area contributed by atoms with Crippen molar-refractivity contribution in [2.24, 2.45) is 7.05 Å². The molecule has 0 unspecified atom stereocenters. The summed E-state index contributed by atoms with van der Waals surface area (Å²) >= 11 is 0. The Morgan fingerprint density at radius 2 is 1.95 bits per heavy atom. The van der Waals surface area contributed by atoms with Crippen molar-refractivity contribution in [3.05, 3.63) is 31.3 Å². The third kappa shape index (κ3) is 1.84. The lowest BCUT2D eigenvalue weighted by Gasteiger charge is -2.10. The second-order valence-corrected chi connectivity index (χ2v) is 5.08. The van der Waals surface area contributed by atoms with Crippen molar-refractivity contribution in [3.8, 4) is 0 Å². The number of H-pyrrole nitrogens is 2. The summed E-state index contributed by atoms with van der Waals surface area (Å²) < 4.78 is 2.26. The van der Waals surface area contributed by atoms with Crippen LogP contribution in [-0.4, -0.2) is 29.8 Å². The van der Waals surface area contributed by atoms with Gasteiger partial charge in [-0.2, -0.15) is 0 Å². The molecule has 1 saturated carbocycles. The molecule has 0 saturated heterocycles. The van der Waals surface area contributed by atoms with Crippen LogP contribution >= 0.6 is 0 Å². The second kappa shape index (κ2) is 3.70. The van der Waals surface area contributed by atoms with E-state index in [4.69, 9.17) is 0 Å². The van der Waals surface area contributed by atoms with Gasteiger partial charge in [0.2, 0.25) is 0 Å². The van der Waals surface area contributed by atoms with Crippen molar-refractivity contribution in [2.75, 3.05) is 0 Å². The molecule has 1 aliphatic carbocycles. The minimum absolute atomic E-state index is 0.0786. The highest BCUT2D eigenvalue weighted by Crippen LogP contribution is 2.38. The van der Waals surface area contributed by atoms with Crippen LogP contribution in [0.25, 0.3) is 11.2 Å². The quantitative estimate of drug-likeness (QED) is 0.636. The van der Waals surface area contributed by atoms with E-state index in [0.717, 1.165) is 4.57 Å². The number of nitrogens with zero attached hydrogens (tertiary/aromatic N) is 2. The van der Waals surface area contributed by atoms with Gasteiger partial charge in [-0.3, -0.25) is 23.9 Å². The average molecular weight is 266 g/mol. The first-order valence-corrected chi connectivity index (χ1v) is 6.05. The van der Waals surface area contributed by atoms with E-state index in [9.17, 15) is 19.5 Å². The van der Waals surface area contributed by atoms with Crippen molar-refractivity contribution in [1.29, 1.82) is 0 Å². The molecule has 2 heterocycles. The predicted molar refractivity (Wildman–Crippen MR) is 67.2 cm³/mol. The number of aromatic amines is 2. The molecular weight excluding hydrogens is 252 g/mol. The van der Waals surface area contributed by atoms with Crippen molar-refractivity contribution in [3.63, 3.8) is 0 Å². The average Bonchev–Trinajstić information content (AvgIpc) is 2.95. The van der Waals surface area contributed by atoms with Crippen molar-refractivity contribution < 1.29 is 5.11 Å². The zero-order chi connectivity index (χ0) is 13.8. The molecule has 8 heteroatoms. The van der Waals surface area contributed by atoms with Gasteiger partial charge < -0.3 is 5.11 Å². The molecule has 2 aromatic heterocycles. The first kappa shape index (κ1) is 12.0. The maximum atomic E-state index is 12.1. The van der Waals surface area contributed by atoms with E-state index >= 15 is 0 Å². The van der Waals surface area contributed by atoms with Crippen molar-refractivity contribution in [1.82, 2.24) is 19.1 Å². The van der Waals surface area contributed by atoms with Crippen LogP contribution in [0.4, 0.5) is 0 Å². The molecule has 0 amide bonds. The van der Waals surface area contributed by atoms with E-state index < -0.39 is 22.5 Å². The van der Waals surface area contributed by atoms with E-state index in [0.29, 0.717) is 19.3 Å². The van der Waals surface area contributed by atoms with E-state index in [1.54, 1.807) is 0 Å². The molecule has 0 aliphatic heterocycles. The summed E-state index contributed by atoms with van der Waals surface area (Å²) in [5.74, 6) is 0. The van der Waals surface area contributed by atoms with Crippen molar-refractivity contribution >= 4 is 11.2 Å². The Morgan fingerprint density at radius 1 is 1.26 bits per heavy atom. The number of hydrogen-bond acceptors (Lipinski definition) is 4. The van der Waals surface area contributed by atoms with E-state index in [2.05, 4.69) is 9.97 Å². The summed E-state index contributed by atoms with van der Waals surface area (Å²) in [5.41, 5.74) is -2.04. The molecule has 8 nitrogen and oxygen atoms in total. The van der Waals surface area contributed by atoms with Gasteiger partial charge in [0.25, 0.3) is 5.56 Å². The largest absolute Gasteiger partial charge is 0.390 e. The molecule has 0 aromatic carbocycles. The molecular formula is C11H14N4O4. The lowest BCUT2D eigenvalue weighted by molar-refractivity contribution is 0.133. The molecule has 0 bridgehead atoms. The minimum atomic E-state index is -0.731. The fourth-order valence-electron chi connectivity index (χ4n) is 2.19. The molecule has 2 aromatic rings. The summed E-state index contributed by atoms with van der Waals surface area (Å²) in [4.78, 5) is 40.2. The highest BCUT2D eigenvalue weighted by Gasteiger charge is 2.39. The topological polar surface area (TPSA) is 113 Å². The molecule has 3 N–H and O–H groups in total. The van der Waals surface area contributed by atoms with Gasteiger partial charge in [-0.05, 0) is 19.3 Å². The third-order valence-electron chi connectivity index (χ3n) is 3.65. The van der Waals surface area contributed by atoms with Crippen LogP contribution in [-0.2, 0) is 13.6 Å². The first-order valence-electron chi connectivity index (χ1n) is 6.05. The monoisotopic (exact) mass is 266 g/mol. The fraction of sp³-hybridized carbons (Fsp3) is 0.545. The Hall–Kier alpha value is -2.09. The van der Waals surface area contributed by atoms with Crippen LogP contribution in [0.2, 0.25) is 0 Å². The number of fused-ring (bicyclic) bond motifs is 1. The zero-order valence-electron chi connectivity index (χ0n) is 10.4. The van der Waals surface area contributed by atoms with Gasteiger partial charge >= 0.3 is 11.4 Å². The molecule has 3 rings (SSSR count). The fourth-order valence-corrected chi connectivity index (χ4v) is 2.19. The maximum Gasteiger partial charge on any atom is 0.332 e. The van der Waals surface area contributed by atoms with Gasteiger partial charge in [0.05, 0.1) is 5.60 Å². The molecule has 19 heavy (non-hydrogen) atoms. The summed E-state index contributed by atoms with van der Waals surface area (Å²) in [5, 5.41) is 9.77. The summed E-state index contributed by atoms with van der Waals surface area (Å²) in [6.45, 7) is 0.144. The number of imidazole rings is 1. The number of aliphatic hydroxyl groups is 1. The minimum Gasteiger partial charge on any atom is -0.390 e. The van der Waals surface area contributed by atoms with Gasteiger partial charge in [0.1, 0.15) is 5.65 Å². The van der Waals surface area contributed by atoms with Crippen LogP contribution in [0.5, 0.6) is 0 Å². The van der Waals surface area contributed by atoms with Gasteiger partial charge in [-0.1, -0.05) is 0 Å². The number of nitrogens with one attached hydrogen (secondary N) is 2. The van der Waals surface area contributed by atoms with Gasteiger partial charge in [-0.15, -0.1) is 0 Å². The number of aryl methyl sites for hydroxylation is 1. The summed E-state index contributed by atoms with van der Waals surface area (Å²) in [6.07, 6.45) is 1.76. The number of rotatable bonds is 3. The predicted octanol–water partition coefficient (Wildman–Crippen LogP) is -1.37. The van der Waals surface area contributed by atoms with Crippen molar-refractivity contribution in [2.45, 2.75) is 31.4 Å². The highest BCUT2D eigenvalue weighted by molar-refractivity contribution is 5.68. The number of aromatic nitrogens is 4. The van der Waals surface area contributed by atoms with E-state index in [1.165, 1.54) is 11.6 Å². The Morgan fingerprint density at radius 3 is 2.58 bits per heavy atom. The molecule has 0 atom stereocenters. The lowest BCUT2D eigenvalue weighted by atomic mass is 10.2. The summed E-state index contributed by atoms with van der Waals surface area (Å²) in [7, 11) is 1.48. The molecule has 102 valence electrons. The van der Waals surface area contributed by atoms with Crippen LogP contribution in [0.15, 0.2) is 14.4 Å². The SMILES string of the molecule is Cn1c(=O)n(CCC2(O)CC2)c(=O)c2[nH]c(=O)[nH]c21. The standard InChI is InChI=1S/C11H14N4O4/c1-14-7-6(12-9(17)13-7)8(16)15(10(14)18)5-4-11(19)2-3-11/h19H,2-5H2,1H3,(H2,12,13,17). The normalized spacial score (nSPS) is 16.9. The Labute approximate surface area is 106 Å². The van der Waals surface area contributed by atoms with Crippen LogP contribution in [0.1, 0.15) is 19.3 Å². The molecule has 1 aliphatic rings. The van der Waals surface area contributed by atoms with Crippen LogP contribution < -0.4 is 16.9 Å². The van der Waals surface area contributed by atoms with Crippen LogP contribution in [0.3, 0.4) is 0 Å². The van der Waals surface area contributed by atoms with E-state index in [1.807, 2.05) is 0 Å². The Kier molecular flexibility index (Phi) is 2.33. The molecule has 0 radical (unpaired) electrons. The smallest absolute Gasteiger partial charge is 0.332 e. The van der Waals surface area contributed by atoms with Gasteiger partial charge in [0, 0.05) is 13.6 Å². The zero-order valence-corrected chi connectivity index (χ0v) is 10.4. The number of hydrogen-bond donors (Lipinski definition) is 3. The van der Waals surface area contributed by atoms with E-state index in [-0.39, 0.29) is 17.7 Å². The lowest BCUT2D eigenvalue weighted by Crippen LogP contribution is -2.40. The van der Waals surface area contributed by atoms with Crippen LogP contribution in [0, 0.1) is 0 Å². The summed E-state index contributed by atoms with van der Waals surface area (Å²) in [6, 6.07) is 0. The first-order chi connectivity index (χ1) is 8.91. The second-order valence-electron chi connectivity index (χ2n) is 5.08. The Balaban J connectivity index is 2.15. The highest BCUT2D eigenvalue weighted by atomic mass is 16.3. The third-order valence-corrected chi connectivity index (χ3v) is 3.65. The molecule has 0 spiro atoms. The molecule has 1 fully saturated rings.